The summed E-state index contributed by atoms with van der Waals surface area (Å²) in [7, 11) is 1.52. The molecule has 1 N–H and O–H groups in total. The minimum atomic E-state index is -0.605. The SMILES string of the molecule is CCCCCCCCCCCCCCOC(=O)/C(NC)=C(\[O-])CCl. The molecule has 0 unspecified atom stereocenters. The maximum absolute atomic E-state index is 11.7. The molecule has 0 rings (SSSR count). The molecule has 142 valence electrons. The molecule has 0 saturated carbocycles. The Morgan fingerprint density at radius 2 is 1.38 bits per heavy atom. The van der Waals surface area contributed by atoms with Crippen LogP contribution < -0.4 is 10.4 Å². The van der Waals surface area contributed by atoms with E-state index in [1.54, 1.807) is 0 Å². The van der Waals surface area contributed by atoms with Gasteiger partial charge in [0.15, 0.2) is 0 Å². The Kier molecular flexibility index (Phi) is 16.3. The van der Waals surface area contributed by atoms with Gasteiger partial charge in [0, 0.05) is 12.9 Å². The van der Waals surface area contributed by atoms with Gasteiger partial charge in [-0.3, -0.25) is 0 Å². The lowest BCUT2D eigenvalue weighted by molar-refractivity contribution is -0.302. The molecule has 24 heavy (non-hydrogen) atoms. The zero-order valence-corrected chi connectivity index (χ0v) is 16.3. The zero-order chi connectivity index (χ0) is 18.0. The fourth-order valence-electron chi connectivity index (χ4n) is 2.60. The van der Waals surface area contributed by atoms with Gasteiger partial charge in [0.25, 0.3) is 0 Å². The number of ether oxygens (including phenoxy) is 1. The second-order valence-corrected chi connectivity index (χ2v) is 6.47. The summed E-state index contributed by atoms with van der Waals surface area (Å²) in [6.07, 6.45) is 15.2. The average Bonchev–Trinajstić information content (AvgIpc) is 2.59. The van der Waals surface area contributed by atoms with E-state index in [-0.39, 0.29) is 11.6 Å². The monoisotopic (exact) mass is 360 g/mol. The molecule has 0 bridgehead atoms. The molecule has 0 spiro atoms. The van der Waals surface area contributed by atoms with Crippen molar-refractivity contribution < 1.29 is 14.6 Å². The third kappa shape index (κ3) is 12.5. The largest absolute Gasteiger partial charge is 0.873 e. The third-order valence-electron chi connectivity index (χ3n) is 4.09. The molecule has 0 heterocycles. The first-order valence-electron chi connectivity index (χ1n) is 9.48. The lowest BCUT2D eigenvalue weighted by Crippen LogP contribution is -2.26. The first-order chi connectivity index (χ1) is 11.7. The summed E-state index contributed by atoms with van der Waals surface area (Å²) in [4.78, 5) is 11.7. The number of rotatable bonds is 16. The fourth-order valence-corrected chi connectivity index (χ4v) is 2.74. The van der Waals surface area contributed by atoms with Crippen LogP contribution in [-0.4, -0.2) is 25.5 Å². The topological polar surface area (TPSA) is 61.4 Å². The predicted molar refractivity (Wildman–Crippen MR) is 98.8 cm³/mol. The Bertz CT molecular complexity index is 346. The summed E-state index contributed by atoms with van der Waals surface area (Å²) >= 11 is 5.44. The summed E-state index contributed by atoms with van der Waals surface area (Å²) in [5, 5.41) is 13.9. The minimum absolute atomic E-state index is 0.0658. The van der Waals surface area contributed by atoms with Gasteiger partial charge in [-0.05, 0) is 6.42 Å². The van der Waals surface area contributed by atoms with E-state index < -0.39 is 11.7 Å². The number of unbranched alkanes of at least 4 members (excludes halogenated alkanes) is 11. The number of alkyl halides is 1. The number of hydrogen-bond acceptors (Lipinski definition) is 4. The summed E-state index contributed by atoms with van der Waals surface area (Å²) in [6.45, 7) is 2.61. The molecule has 0 saturated heterocycles. The predicted octanol–water partition coefficient (Wildman–Crippen LogP) is 4.26. The highest BCUT2D eigenvalue weighted by atomic mass is 35.5. The van der Waals surface area contributed by atoms with Crippen LogP contribution in [0, 0.1) is 0 Å². The van der Waals surface area contributed by atoms with Crippen molar-refractivity contribution >= 4 is 17.6 Å². The number of hydrogen-bond donors (Lipinski definition) is 1. The summed E-state index contributed by atoms with van der Waals surface area (Å²) in [5.74, 6) is -1.26. The normalized spacial score (nSPS) is 12.0. The van der Waals surface area contributed by atoms with Crippen LogP contribution in [0.1, 0.15) is 84.0 Å². The Morgan fingerprint density at radius 3 is 1.79 bits per heavy atom. The van der Waals surface area contributed by atoms with Crippen LogP contribution in [0.5, 0.6) is 0 Å². The second kappa shape index (κ2) is 16.9. The molecule has 0 aliphatic carbocycles. The Morgan fingerprint density at radius 1 is 0.917 bits per heavy atom. The van der Waals surface area contributed by atoms with Gasteiger partial charge < -0.3 is 15.2 Å². The van der Waals surface area contributed by atoms with E-state index in [2.05, 4.69) is 12.2 Å². The molecule has 5 heteroatoms. The highest BCUT2D eigenvalue weighted by molar-refractivity contribution is 6.19. The molecule has 0 aromatic carbocycles. The van der Waals surface area contributed by atoms with E-state index in [1.165, 1.54) is 71.3 Å². The van der Waals surface area contributed by atoms with Crippen LogP contribution in [0.2, 0.25) is 0 Å². The third-order valence-corrected chi connectivity index (χ3v) is 4.33. The van der Waals surface area contributed by atoms with E-state index in [0.717, 1.165) is 12.8 Å². The number of likely N-dealkylation sites (N-methyl/N-ethyl adjacent to an activating group) is 1. The van der Waals surface area contributed by atoms with Gasteiger partial charge in [-0.2, -0.15) is 0 Å². The molecule has 0 aromatic rings. The highest BCUT2D eigenvalue weighted by Crippen LogP contribution is 2.12. The Balaban J connectivity index is 3.44. The molecule has 0 radical (unpaired) electrons. The number of esters is 1. The molecule has 0 amide bonds. The first kappa shape index (κ1) is 23.1. The van der Waals surface area contributed by atoms with Gasteiger partial charge >= 0.3 is 5.97 Å². The smallest absolute Gasteiger partial charge is 0.353 e. The van der Waals surface area contributed by atoms with Crippen molar-refractivity contribution in [1.29, 1.82) is 0 Å². The van der Waals surface area contributed by atoms with Gasteiger partial charge in [0.2, 0.25) is 0 Å². The van der Waals surface area contributed by atoms with Gasteiger partial charge in [0.05, 0.1) is 6.61 Å². The van der Waals surface area contributed by atoms with Gasteiger partial charge in [-0.15, -0.1) is 11.6 Å². The van der Waals surface area contributed by atoms with Crippen molar-refractivity contribution in [2.24, 2.45) is 0 Å². The molecule has 4 nitrogen and oxygen atoms in total. The zero-order valence-electron chi connectivity index (χ0n) is 15.5. The molecule has 0 aliphatic rings. The second-order valence-electron chi connectivity index (χ2n) is 6.21. The molecular formula is C19H35ClNO3-. The van der Waals surface area contributed by atoms with E-state index in [4.69, 9.17) is 16.3 Å². The van der Waals surface area contributed by atoms with Crippen molar-refractivity contribution in [2.45, 2.75) is 84.0 Å². The highest BCUT2D eigenvalue weighted by Gasteiger charge is 2.09. The number of carbonyl (C=O) groups is 1. The molecule has 0 atom stereocenters. The van der Waals surface area contributed by atoms with Crippen LogP contribution in [0.25, 0.3) is 0 Å². The number of nitrogens with one attached hydrogen (secondary N) is 1. The summed E-state index contributed by atoms with van der Waals surface area (Å²) < 4.78 is 5.09. The number of carbonyl (C=O) groups excluding carboxylic acids is 1. The van der Waals surface area contributed by atoms with Gasteiger partial charge in [-0.1, -0.05) is 83.3 Å². The fraction of sp³-hybridized carbons (Fsp3) is 0.842. The maximum Gasteiger partial charge on any atom is 0.353 e. The Labute approximate surface area is 153 Å². The average molecular weight is 361 g/mol. The van der Waals surface area contributed by atoms with Gasteiger partial charge in [0.1, 0.15) is 5.70 Å². The standard InChI is InChI=1S/C19H36ClNO3/c1-3-4-5-6-7-8-9-10-11-12-13-14-15-24-19(23)18(21-2)17(22)16-20/h21-22H,3-16H2,1-2H3/p-1/b18-17+. The maximum atomic E-state index is 11.7. The van der Waals surface area contributed by atoms with E-state index in [9.17, 15) is 9.90 Å². The summed E-state index contributed by atoms with van der Waals surface area (Å²) in [5.41, 5.74) is -0.0658. The molecule has 0 fully saturated rings. The van der Waals surface area contributed by atoms with Crippen LogP contribution in [0.15, 0.2) is 11.5 Å². The van der Waals surface area contributed by atoms with Crippen molar-refractivity contribution in [3.05, 3.63) is 11.5 Å². The number of allylic oxidation sites excluding steroid dienone is 1. The van der Waals surface area contributed by atoms with Crippen molar-refractivity contribution in [2.75, 3.05) is 19.5 Å². The number of halogens is 1. The lowest BCUT2D eigenvalue weighted by Gasteiger charge is -2.15. The summed E-state index contributed by atoms with van der Waals surface area (Å²) in [6, 6.07) is 0. The molecule has 0 aromatic heterocycles. The van der Waals surface area contributed by atoms with Crippen LogP contribution in [-0.2, 0) is 9.53 Å². The quantitative estimate of drug-likeness (QED) is 0.147. The Hall–Kier alpha value is -0.900. The van der Waals surface area contributed by atoms with Crippen LogP contribution in [0.4, 0.5) is 0 Å². The van der Waals surface area contributed by atoms with Crippen LogP contribution >= 0.6 is 11.6 Å². The van der Waals surface area contributed by atoms with Crippen molar-refractivity contribution in [1.82, 2.24) is 5.32 Å². The van der Waals surface area contributed by atoms with E-state index >= 15 is 0 Å². The van der Waals surface area contributed by atoms with Crippen molar-refractivity contribution in [3.8, 4) is 0 Å². The van der Waals surface area contributed by atoms with E-state index in [1.807, 2.05) is 0 Å². The van der Waals surface area contributed by atoms with Gasteiger partial charge in [-0.25, -0.2) is 4.79 Å². The van der Waals surface area contributed by atoms with E-state index in [0.29, 0.717) is 6.61 Å². The molecular weight excluding hydrogens is 326 g/mol. The lowest BCUT2D eigenvalue weighted by atomic mass is 10.1. The first-order valence-corrected chi connectivity index (χ1v) is 10.0. The van der Waals surface area contributed by atoms with Crippen LogP contribution in [0.3, 0.4) is 0 Å². The molecule has 0 aliphatic heterocycles. The minimum Gasteiger partial charge on any atom is -0.873 e. The van der Waals surface area contributed by atoms with Crippen molar-refractivity contribution in [3.63, 3.8) is 0 Å².